The number of anilines is 2. The van der Waals surface area contributed by atoms with E-state index in [9.17, 15) is 27.9 Å². The number of hydrogen-bond acceptors (Lipinski definition) is 7. The summed E-state index contributed by atoms with van der Waals surface area (Å²) in [6.07, 6.45) is 0.0605. The van der Waals surface area contributed by atoms with E-state index in [1.807, 2.05) is 6.92 Å². The van der Waals surface area contributed by atoms with Gasteiger partial charge in [0.2, 0.25) is 5.95 Å². The second-order valence-electron chi connectivity index (χ2n) is 10.0. The monoisotopic (exact) mass is 540 g/mol. The van der Waals surface area contributed by atoms with Crippen molar-refractivity contribution in [3.63, 3.8) is 0 Å². The number of halogens is 3. The maximum atomic E-state index is 13.2. The van der Waals surface area contributed by atoms with Gasteiger partial charge >= 0.3 is 12.1 Å². The normalized spacial score (nSPS) is 19.6. The number of nitrogens with one attached hydrogen (secondary N) is 1. The number of alkyl halides is 3. The molecule has 1 amide bonds. The molecular formula is C27H27F3N6O3. The quantitative estimate of drug-likeness (QED) is 0.481. The Hall–Kier alpha value is -4.06. The number of carboxylic acids is 1. The lowest BCUT2D eigenvalue weighted by molar-refractivity contribution is -0.137. The third-order valence-corrected chi connectivity index (χ3v) is 7.19. The average Bonchev–Trinajstić information content (AvgIpc) is 3.31. The lowest BCUT2D eigenvalue weighted by Gasteiger charge is -2.41. The van der Waals surface area contributed by atoms with Gasteiger partial charge in [-0.3, -0.25) is 9.69 Å². The third-order valence-electron chi connectivity index (χ3n) is 7.19. The molecule has 39 heavy (non-hydrogen) atoms. The molecule has 2 aliphatic heterocycles. The van der Waals surface area contributed by atoms with E-state index in [1.165, 1.54) is 18.3 Å². The Balaban J connectivity index is 1.23. The zero-order chi connectivity index (χ0) is 27.9. The molecule has 0 unspecified atom stereocenters. The van der Waals surface area contributed by atoms with Crippen LogP contribution in [0.3, 0.4) is 0 Å². The van der Waals surface area contributed by atoms with Crippen LogP contribution >= 0.6 is 0 Å². The number of hydrogen-bond donors (Lipinski definition) is 2. The highest BCUT2D eigenvalue weighted by atomic mass is 19.4. The number of aromatic carboxylic acids is 1. The molecule has 0 spiro atoms. The maximum absolute atomic E-state index is 13.2. The summed E-state index contributed by atoms with van der Waals surface area (Å²) in [5, 5.41) is 12.1. The van der Waals surface area contributed by atoms with Crippen molar-refractivity contribution < 1.29 is 27.9 Å². The molecule has 2 N–H and O–H groups in total. The van der Waals surface area contributed by atoms with Gasteiger partial charge in [-0.25, -0.2) is 19.7 Å². The fraction of sp³-hybridized carbons (Fsp3) is 0.370. The van der Waals surface area contributed by atoms with Crippen LogP contribution in [0.4, 0.5) is 24.8 Å². The number of pyridine rings is 1. The van der Waals surface area contributed by atoms with Gasteiger partial charge in [0, 0.05) is 60.9 Å². The molecule has 2 aromatic heterocycles. The minimum atomic E-state index is -4.45. The molecule has 0 bridgehead atoms. The second kappa shape index (κ2) is 10.3. The highest BCUT2D eigenvalue weighted by Gasteiger charge is 2.35. The molecule has 204 valence electrons. The average molecular weight is 541 g/mol. The van der Waals surface area contributed by atoms with Gasteiger partial charge in [-0.2, -0.15) is 13.2 Å². The number of carbonyl (C=O) groups is 2. The van der Waals surface area contributed by atoms with Crippen LogP contribution in [-0.4, -0.2) is 60.4 Å². The molecule has 0 aliphatic carbocycles. The first-order valence-electron chi connectivity index (χ1n) is 12.5. The molecular weight excluding hydrogens is 513 g/mol. The van der Waals surface area contributed by atoms with Crippen molar-refractivity contribution in [1.29, 1.82) is 0 Å². The summed E-state index contributed by atoms with van der Waals surface area (Å²) >= 11 is 0. The SMILES string of the molecule is Cc1cc(Nc2ncc3c(n2)CN([C@@H]2CCN(C(=O)c4ccnc(C(=O)O)c4)[C@H](C)C2)C3)cc(C(F)(F)F)c1. The minimum Gasteiger partial charge on any atom is -0.477 e. The highest BCUT2D eigenvalue weighted by Crippen LogP contribution is 2.33. The number of likely N-dealkylation sites (tertiary alicyclic amines) is 1. The number of amides is 1. The number of rotatable bonds is 5. The first kappa shape index (κ1) is 26.5. The van der Waals surface area contributed by atoms with Crippen LogP contribution in [0, 0.1) is 6.92 Å². The zero-order valence-corrected chi connectivity index (χ0v) is 21.4. The third kappa shape index (κ3) is 5.70. The number of fused-ring (bicyclic) bond motifs is 1. The molecule has 9 nitrogen and oxygen atoms in total. The molecule has 4 heterocycles. The number of carbonyl (C=O) groups excluding carboxylic acids is 1. The Kier molecular flexibility index (Phi) is 6.98. The molecule has 1 saturated heterocycles. The van der Waals surface area contributed by atoms with Crippen LogP contribution in [-0.2, 0) is 19.3 Å². The summed E-state index contributed by atoms with van der Waals surface area (Å²) in [6, 6.07) is 6.71. The molecule has 1 aromatic carbocycles. The Morgan fingerprint density at radius 1 is 1.13 bits per heavy atom. The van der Waals surface area contributed by atoms with E-state index in [0.717, 1.165) is 36.2 Å². The Morgan fingerprint density at radius 2 is 1.92 bits per heavy atom. The largest absolute Gasteiger partial charge is 0.477 e. The van der Waals surface area contributed by atoms with Crippen molar-refractivity contribution in [1.82, 2.24) is 24.8 Å². The van der Waals surface area contributed by atoms with Crippen LogP contribution in [0.5, 0.6) is 0 Å². The topological polar surface area (TPSA) is 112 Å². The van der Waals surface area contributed by atoms with E-state index in [1.54, 1.807) is 24.1 Å². The van der Waals surface area contributed by atoms with E-state index in [-0.39, 0.29) is 35.3 Å². The summed E-state index contributed by atoms with van der Waals surface area (Å²) in [5.74, 6) is -1.17. The van der Waals surface area contributed by atoms with E-state index in [0.29, 0.717) is 30.8 Å². The van der Waals surface area contributed by atoms with Gasteiger partial charge in [0.05, 0.1) is 11.3 Å². The maximum Gasteiger partial charge on any atom is 0.416 e. The number of benzene rings is 1. The van der Waals surface area contributed by atoms with Crippen LogP contribution in [0.25, 0.3) is 0 Å². The summed E-state index contributed by atoms with van der Waals surface area (Å²) in [7, 11) is 0. The van der Waals surface area contributed by atoms with Crippen molar-refractivity contribution in [2.24, 2.45) is 0 Å². The number of piperidine rings is 1. The van der Waals surface area contributed by atoms with Crippen LogP contribution in [0.1, 0.15) is 63.0 Å². The standard InChI is InChI=1S/C27H27F3N6O3/c1-15-7-19(27(28,29)30)11-20(8-15)33-26-32-12-18-13-35(14-23(18)34-26)21-4-6-36(16(2)9-21)24(37)17-3-5-31-22(10-17)25(38)39/h3,5,7-8,10-12,16,21H,4,6,9,13-14H2,1-2H3,(H,38,39)(H,32,33,34)/t16-,21-/m1/s1. The van der Waals surface area contributed by atoms with E-state index in [2.05, 4.69) is 25.2 Å². The number of carboxylic acid groups (broad SMARTS) is 1. The Morgan fingerprint density at radius 3 is 2.64 bits per heavy atom. The van der Waals surface area contributed by atoms with Gasteiger partial charge in [0.1, 0.15) is 5.69 Å². The fourth-order valence-electron chi connectivity index (χ4n) is 5.27. The van der Waals surface area contributed by atoms with Crippen molar-refractivity contribution in [3.05, 3.63) is 76.4 Å². The number of aromatic nitrogens is 3. The predicted molar refractivity (Wildman–Crippen MR) is 135 cm³/mol. The van der Waals surface area contributed by atoms with Crippen LogP contribution in [0.2, 0.25) is 0 Å². The summed E-state index contributed by atoms with van der Waals surface area (Å²) < 4.78 is 39.6. The smallest absolute Gasteiger partial charge is 0.416 e. The molecule has 1 fully saturated rings. The number of aryl methyl sites for hydroxylation is 1. The van der Waals surface area contributed by atoms with Gasteiger partial charge < -0.3 is 15.3 Å². The van der Waals surface area contributed by atoms with Gasteiger partial charge in [-0.05, 0) is 62.6 Å². The van der Waals surface area contributed by atoms with E-state index in [4.69, 9.17) is 0 Å². The Labute approximate surface area is 222 Å². The minimum absolute atomic E-state index is 0.0612. The molecule has 3 aromatic rings. The van der Waals surface area contributed by atoms with Crippen molar-refractivity contribution >= 4 is 23.5 Å². The fourth-order valence-corrected chi connectivity index (χ4v) is 5.27. The van der Waals surface area contributed by atoms with E-state index >= 15 is 0 Å². The zero-order valence-electron chi connectivity index (χ0n) is 21.4. The molecule has 0 radical (unpaired) electrons. The van der Waals surface area contributed by atoms with Crippen molar-refractivity contribution in [3.8, 4) is 0 Å². The molecule has 0 saturated carbocycles. The van der Waals surface area contributed by atoms with Gasteiger partial charge in [0.25, 0.3) is 5.91 Å². The highest BCUT2D eigenvalue weighted by molar-refractivity contribution is 5.96. The first-order chi connectivity index (χ1) is 18.5. The lowest BCUT2D eigenvalue weighted by atomic mass is 9.96. The van der Waals surface area contributed by atoms with Crippen molar-refractivity contribution in [2.75, 3.05) is 11.9 Å². The van der Waals surface area contributed by atoms with Gasteiger partial charge in [-0.15, -0.1) is 0 Å². The summed E-state index contributed by atoms with van der Waals surface area (Å²) in [5.41, 5.74) is 1.93. The van der Waals surface area contributed by atoms with Crippen molar-refractivity contribution in [2.45, 2.75) is 58.0 Å². The summed E-state index contributed by atoms with van der Waals surface area (Å²) in [4.78, 5) is 41.0. The predicted octanol–water partition coefficient (Wildman–Crippen LogP) is 4.65. The molecule has 12 heteroatoms. The van der Waals surface area contributed by atoms with Gasteiger partial charge in [0.15, 0.2) is 0 Å². The Bertz CT molecular complexity index is 1430. The first-order valence-corrected chi connectivity index (χ1v) is 12.5. The van der Waals surface area contributed by atoms with Gasteiger partial charge in [-0.1, -0.05) is 0 Å². The summed E-state index contributed by atoms with van der Waals surface area (Å²) in [6.45, 7) is 5.33. The molecule has 5 rings (SSSR count). The molecule has 2 atom stereocenters. The number of nitrogens with zero attached hydrogens (tertiary/aromatic N) is 5. The lowest BCUT2D eigenvalue weighted by Crippen LogP contribution is -2.50. The second-order valence-corrected chi connectivity index (χ2v) is 10.0. The van der Waals surface area contributed by atoms with Crippen LogP contribution in [0.15, 0.2) is 42.7 Å². The van der Waals surface area contributed by atoms with E-state index < -0.39 is 17.7 Å². The van der Waals surface area contributed by atoms with Crippen LogP contribution < -0.4 is 5.32 Å². The molecule has 2 aliphatic rings.